The summed E-state index contributed by atoms with van der Waals surface area (Å²) in [6.45, 7) is 3.67. The van der Waals surface area contributed by atoms with Crippen LogP contribution in [0.4, 0.5) is 0 Å². The van der Waals surface area contributed by atoms with Crippen LogP contribution in [0.15, 0.2) is 24.3 Å². The van der Waals surface area contributed by atoms with Crippen molar-refractivity contribution in [3.8, 4) is 0 Å². The smallest absolute Gasteiger partial charge is 0.241 e. The SMILES string of the molecule is CC(N)C1CCN(C(=O)C2CC(c3ccccc3Cl)NN2)CC1. The van der Waals surface area contributed by atoms with E-state index < -0.39 is 0 Å². The molecule has 3 rings (SSSR count). The zero-order chi connectivity index (χ0) is 16.4. The van der Waals surface area contributed by atoms with Gasteiger partial charge in [0.2, 0.25) is 5.91 Å². The molecule has 0 spiro atoms. The van der Waals surface area contributed by atoms with Gasteiger partial charge in [0.05, 0.1) is 0 Å². The number of hydrogen-bond donors (Lipinski definition) is 3. The molecular formula is C17H25ClN4O. The Balaban J connectivity index is 1.57. The number of benzene rings is 1. The highest BCUT2D eigenvalue weighted by atomic mass is 35.5. The van der Waals surface area contributed by atoms with Crippen molar-refractivity contribution < 1.29 is 4.79 Å². The number of halogens is 1. The molecule has 1 amide bonds. The second-order valence-corrected chi connectivity index (χ2v) is 7.08. The van der Waals surface area contributed by atoms with Crippen molar-refractivity contribution in [2.75, 3.05) is 13.1 Å². The third-order valence-corrected chi connectivity index (χ3v) is 5.42. The third-order valence-electron chi connectivity index (χ3n) is 5.08. The summed E-state index contributed by atoms with van der Waals surface area (Å²) < 4.78 is 0. The highest BCUT2D eigenvalue weighted by molar-refractivity contribution is 6.31. The maximum absolute atomic E-state index is 12.7. The largest absolute Gasteiger partial charge is 0.341 e. The first-order valence-corrected chi connectivity index (χ1v) is 8.74. The molecule has 126 valence electrons. The van der Waals surface area contributed by atoms with Crippen LogP contribution >= 0.6 is 11.6 Å². The van der Waals surface area contributed by atoms with Crippen molar-refractivity contribution in [3.05, 3.63) is 34.9 Å². The lowest BCUT2D eigenvalue weighted by Gasteiger charge is -2.34. The number of likely N-dealkylation sites (tertiary alicyclic amines) is 1. The van der Waals surface area contributed by atoms with Crippen LogP contribution in [0.3, 0.4) is 0 Å². The molecule has 2 fully saturated rings. The summed E-state index contributed by atoms with van der Waals surface area (Å²) >= 11 is 6.25. The standard InChI is InChI=1S/C17H25ClN4O/c1-11(19)12-6-8-22(9-7-12)17(23)16-10-15(20-21-16)13-4-2-3-5-14(13)18/h2-5,11-12,15-16,20-21H,6-10,19H2,1H3. The fraction of sp³-hybridized carbons (Fsp3) is 0.588. The minimum atomic E-state index is -0.192. The fourth-order valence-corrected chi connectivity index (χ4v) is 3.81. The predicted molar refractivity (Wildman–Crippen MR) is 91.8 cm³/mol. The lowest BCUT2D eigenvalue weighted by molar-refractivity contribution is -0.134. The predicted octanol–water partition coefficient (Wildman–Crippen LogP) is 1.83. The van der Waals surface area contributed by atoms with Crippen LogP contribution in [-0.4, -0.2) is 36.0 Å². The average molecular weight is 337 g/mol. The number of carbonyl (C=O) groups excluding carboxylic acids is 1. The maximum atomic E-state index is 12.7. The normalized spacial score (nSPS) is 27.2. The van der Waals surface area contributed by atoms with E-state index in [1.165, 1.54) is 0 Å². The number of nitrogens with one attached hydrogen (secondary N) is 2. The van der Waals surface area contributed by atoms with Crippen molar-refractivity contribution in [1.82, 2.24) is 15.8 Å². The minimum Gasteiger partial charge on any atom is -0.341 e. The van der Waals surface area contributed by atoms with Gasteiger partial charge in [0, 0.05) is 30.2 Å². The number of carbonyl (C=O) groups is 1. The Morgan fingerprint density at radius 3 is 2.65 bits per heavy atom. The summed E-state index contributed by atoms with van der Waals surface area (Å²) in [6, 6.07) is 7.86. The van der Waals surface area contributed by atoms with Crippen molar-refractivity contribution >= 4 is 17.5 Å². The lowest BCUT2D eigenvalue weighted by atomic mass is 9.90. The van der Waals surface area contributed by atoms with Gasteiger partial charge in [0.15, 0.2) is 0 Å². The molecule has 0 aliphatic carbocycles. The number of piperidine rings is 1. The molecule has 3 unspecified atom stereocenters. The summed E-state index contributed by atoms with van der Waals surface area (Å²) in [7, 11) is 0. The van der Waals surface area contributed by atoms with E-state index in [4.69, 9.17) is 17.3 Å². The summed E-state index contributed by atoms with van der Waals surface area (Å²) in [5.41, 5.74) is 13.4. The fourth-order valence-electron chi connectivity index (χ4n) is 3.55. The molecule has 0 saturated carbocycles. The van der Waals surface area contributed by atoms with Gasteiger partial charge in [-0.25, -0.2) is 10.9 Å². The molecule has 1 aromatic carbocycles. The molecule has 0 bridgehead atoms. The molecule has 23 heavy (non-hydrogen) atoms. The average Bonchev–Trinajstić information content (AvgIpc) is 3.04. The summed E-state index contributed by atoms with van der Waals surface area (Å²) in [5, 5.41) is 0.734. The van der Waals surface area contributed by atoms with Gasteiger partial charge in [-0.1, -0.05) is 29.8 Å². The Labute approximate surface area is 142 Å². The molecule has 3 atom stereocenters. The first kappa shape index (κ1) is 16.7. The van der Waals surface area contributed by atoms with E-state index in [2.05, 4.69) is 17.8 Å². The van der Waals surface area contributed by atoms with Crippen LogP contribution in [0, 0.1) is 5.92 Å². The van der Waals surface area contributed by atoms with E-state index in [-0.39, 0.29) is 24.0 Å². The Hall–Kier alpha value is -1.14. The molecule has 2 saturated heterocycles. The topological polar surface area (TPSA) is 70.4 Å². The van der Waals surface area contributed by atoms with Gasteiger partial charge >= 0.3 is 0 Å². The molecule has 4 N–H and O–H groups in total. The maximum Gasteiger partial charge on any atom is 0.241 e. The molecule has 2 heterocycles. The van der Waals surface area contributed by atoms with Gasteiger partial charge in [0.25, 0.3) is 0 Å². The Bertz CT molecular complexity index is 557. The Morgan fingerprint density at radius 2 is 2.00 bits per heavy atom. The number of rotatable bonds is 3. The number of amides is 1. The monoisotopic (exact) mass is 336 g/mol. The number of hydrazine groups is 1. The third kappa shape index (κ3) is 3.69. The van der Waals surface area contributed by atoms with Crippen LogP contribution < -0.4 is 16.6 Å². The molecule has 0 aromatic heterocycles. The molecule has 2 aliphatic heterocycles. The Morgan fingerprint density at radius 1 is 1.30 bits per heavy atom. The number of nitrogens with two attached hydrogens (primary N) is 1. The van der Waals surface area contributed by atoms with E-state index in [0.717, 1.165) is 42.9 Å². The van der Waals surface area contributed by atoms with Gasteiger partial charge in [-0.05, 0) is 43.7 Å². The van der Waals surface area contributed by atoms with Gasteiger partial charge in [-0.2, -0.15) is 0 Å². The van der Waals surface area contributed by atoms with E-state index in [0.29, 0.717) is 5.92 Å². The zero-order valence-electron chi connectivity index (χ0n) is 13.5. The quantitative estimate of drug-likeness (QED) is 0.787. The molecule has 2 aliphatic rings. The first-order chi connectivity index (χ1) is 11.1. The Kier molecular flexibility index (Phi) is 5.21. The summed E-state index contributed by atoms with van der Waals surface area (Å²) in [4.78, 5) is 14.7. The van der Waals surface area contributed by atoms with Crippen LogP contribution in [0.25, 0.3) is 0 Å². The van der Waals surface area contributed by atoms with Crippen molar-refractivity contribution in [2.24, 2.45) is 11.7 Å². The lowest BCUT2D eigenvalue weighted by Crippen LogP contribution is -2.49. The summed E-state index contributed by atoms with van der Waals surface area (Å²) in [6.07, 6.45) is 2.71. The highest BCUT2D eigenvalue weighted by Gasteiger charge is 2.35. The van der Waals surface area contributed by atoms with Crippen molar-refractivity contribution in [1.29, 1.82) is 0 Å². The van der Waals surface area contributed by atoms with E-state index in [9.17, 15) is 4.79 Å². The molecule has 5 nitrogen and oxygen atoms in total. The van der Waals surface area contributed by atoms with Crippen LogP contribution in [0.1, 0.15) is 37.8 Å². The van der Waals surface area contributed by atoms with Gasteiger partial charge in [0.1, 0.15) is 6.04 Å². The molecule has 1 aromatic rings. The molecular weight excluding hydrogens is 312 g/mol. The minimum absolute atomic E-state index is 0.0688. The summed E-state index contributed by atoms with van der Waals surface area (Å²) in [5.74, 6) is 0.708. The first-order valence-electron chi connectivity index (χ1n) is 8.36. The number of nitrogens with zero attached hydrogens (tertiary/aromatic N) is 1. The van der Waals surface area contributed by atoms with Gasteiger partial charge in [-0.15, -0.1) is 0 Å². The number of hydrogen-bond acceptors (Lipinski definition) is 4. The van der Waals surface area contributed by atoms with Crippen LogP contribution in [0.2, 0.25) is 5.02 Å². The van der Waals surface area contributed by atoms with Gasteiger partial charge < -0.3 is 10.6 Å². The van der Waals surface area contributed by atoms with Crippen LogP contribution in [-0.2, 0) is 4.79 Å². The molecule has 6 heteroatoms. The highest BCUT2D eigenvalue weighted by Crippen LogP contribution is 2.29. The van der Waals surface area contributed by atoms with E-state index in [1.807, 2.05) is 29.2 Å². The second-order valence-electron chi connectivity index (χ2n) is 6.67. The van der Waals surface area contributed by atoms with E-state index >= 15 is 0 Å². The second kappa shape index (κ2) is 7.18. The van der Waals surface area contributed by atoms with Crippen molar-refractivity contribution in [3.63, 3.8) is 0 Å². The molecule has 0 radical (unpaired) electrons. The zero-order valence-corrected chi connectivity index (χ0v) is 14.2. The van der Waals surface area contributed by atoms with Crippen LogP contribution in [0.5, 0.6) is 0 Å². The van der Waals surface area contributed by atoms with E-state index in [1.54, 1.807) is 0 Å². The van der Waals surface area contributed by atoms with Gasteiger partial charge in [-0.3, -0.25) is 4.79 Å². The van der Waals surface area contributed by atoms with Crippen molar-refractivity contribution in [2.45, 2.75) is 44.3 Å².